The van der Waals surface area contributed by atoms with E-state index >= 15 is 0 Å². The van der Waals surface area contributed by atoms with Crippen LogP contribution in [0.25, 0.3) is 22.3 Å². The SMILES string of the molecule is NC(CO)CNc1nc(-c2ccccc2N=O)nc2ccccc12. The first kappa shape index (κ1) is 16.0. The minimum Gasteiger partial charge on any atom is -0.395 e. The van der Waals surface area contributed by atoms with Crippen LogP contribution in [0.4, 0.5) is 11.5 Å². The molecule has 0 aliphatic rings. The summed E-state index contributed by atoms with van der Waals surface area (Å²) in [7, 11) is 0. The lowest BCUT2D eigenvalue weighted by Crippen LogP contribution is -2.32. The summed E-state index contributed by atoms with van der Waals surface area (Å²) < 4.78 is 0. The Bertz CT molecular complexity index is 868. The molecule has 0 aliphatic carbocycles. The highest BCUT2D eigenvalue weighted by Gasteiger charge is 2.13. The number of anilines is 1. The fourth-order valence-corrected chi connectivity index (χ4v) is 2.37. The van der Waals surface area contributed by atoms with Crippen LogP contribution in [0.2, 0.25) is 0 Å². The molecule has 0 fully saturated rings. The third-order valence-electron chi connectivity index (χ3n) is 3.61. The number of aliphatic hydroxyl groups excluding tert-OH is 1. The summed E-state index contributed by atoms with van der Waals surface area (Å²) in [4.78, 5) is 20.1. The van der Waals surface area contributed by atoms with Gasteiger partial charge in [0.15, 0.2) is 5.82 Å². The molecule has 122 valence electrons. The molecule has 1 aromatic heterocycles. The Balaban J connectivity index is 2.11. The van der Waals surface area contributed by atoms with Crippen LogP contribution in [0.15, 0.2) is 53.7 Å². The third kappa shape index (κ3) is 3.22. The standard InChI is InChI=1S/C17H17N5O2/c18-11(10-23)9-19-16-12-5-1-3-7-14(12)20-17(21-16)13-6-2-4-8-15(13)22-24/h1-8,11,23H,9-10,18H2,(H,19,20,21). The molecule has 2 aromatic carbocycles. The summed E-state index contributed by atoms with van der Waals surface area (Å²) in [5, 5.41) is 16.1. The summed E-state index contributed by atoms with van der Waals surface area (Å²) in [5.41, 5.74) is 7.33. The van der Waals surface area contributed by atoms with Crippen molar-refractivity contribution < 1.29 is 5.11 Å². The van der Waals surface area contributed by atoms with E-state index in [1.807, 2.05) is 24.3 Å². The summed E-state index contributed by atoms with van der Waals surface area (Å²) in [5.74, 6) is 1.00. The molecule has 0 amide bonds. The van der Waals surface area contributed by atoms with E-state index in [1.54, 1.807) is 24.3 Å². The smallest absolute Gasteiger partial charge is 0.164 e. The van der Waals surface area contributed by atoms with Crippen molar-refractivity contribution in [1.29, 1.82) is 0 Å². The second-order valence-electron chi connectivity index (χ2n) is 5.34. The topological polar surface area (TPSA) is 113 Å². The Morgan fingerprint density at radius 1 is 1.12 bits per heavy atom. The molecular formula is C17H17N5O2. The van der Waals surface area contributed by atoms with Crippen LogP contribution in [0.3, 0.4) is 0 Å². The fraction of sp³-hybridized carbons (Fsp3) is 0.176. The molecule has 7 nitrogen and oxygen atoms in total. The Morgan fingerprint density at radius 3 is 2.67 bits per heavy atom. The zero-order valence-corrected chi connectivity index (χ0v) is 12.9. The molecule has 24 heavy (non-hydrogen) atoms. The van der Waals surface area contributed by atoms with Gasteiger partial charge in [-0.1, -0.05) is 24.3 Å². The van der Waals surface area contributed by atoms with Gasteiger partial charge in [-0.15, -0.1) is 4.91 Å². The van der Waals surface area contributed by atoms with Gasteiger partial charge in [0, 0.05) is 23.5 Å². The van der Waals surface area contributed by atoms with Crippen LogP contribution >= 0.6 is 0 Å². The van der Waals surface area contributed by atoms with Crippen molar-refractivity contribution in [3.63, 3.8) is 0 Å². The zero-order valence-electron chi connectivity index (χ0n) is 12.9. The lowest BCUT2D eigenvalue weighted by molar-refractivity contribution is 0.270. The number of hydrogen-bond acceptors (Lipinski definition) is 7. The van der Waals surface area contributed by atoms with E-state index in [9.17, 15) is 4.91 Å². The molecule has 7 heteroatoms. The molecule has 3 rings (SSSR count). The van der Waals surface area contributed by atoms with Gasteiger partial charge in [-0.25, -0.2) is 9.97 Å². The van der Waals surface area contributed by atoms with Crippen molar-refractivity contribution in [2.24, 2.45) is 10.9 Å². The van der Waals surface area contributed by atoms with Crippen molar-refractivity contribution in [3.8, 4) is 11.4 Å². The lowest BCUT2D eigenvalue weighted by atomic mass is 10.1. The Hall–Kier alpha value is -2.90. The van der Waals surface area contributed by atoms with Gasteiger partial charge >= 0.3 is 0 Å². The number of nitrogens with zero attached hydrogens (tertiary/aromatic N) is 3. The number of nitrogens with two attached hydrogens (primary N) is 1. The van der Waals surface area contributed by atoms with E-state index in [0.717, 1.165) is 10.9 Å². The van der Waals surface area contributed by atoms with Crippen LogP contribution < -0.4 is 11.1 Å². The van der Waals surface area contributed by atoms with Gasteiger partial charge in [0.1, 0.15) is 11.5 Å². The van der Waals surface area contributed by atoms with Gasteiger partial charge in [0.05, 0.1) is 12.1 Å². The van der Waals surface area contributed by atoms with Gasteiger partial charge in [0.25, 0.3) is 0 Å². The quantitative estimate of drug-likeness (QED) is 0.600. The summed E-state index contributed by atoms with van der Waals surface area (Å²) in [6.45, 7) is 0.241. The second-order valence-corrected chi connectivity index (χ2v) is 5.34. The monoisotopic (exact) mass is 323 g/mol. The largest absolute Gasteiger partial charge is 0.395 e. The molecule has 0 saturated heterocycles. The van der Waals surface area contributed by atoms with Crippen LogP contribution in [-0.4, -0.2) is 34.3 Å². The van der Waals surface area contributed by atoms with Crippen molar-refractivity contribution in [2.45, 2.75) is 6.04 Å². The highest BCUT2D eigenvalue weighted by atomic mass is 16.3. The second kappa shape index (κ2) is 7.12. The van der Waals surface area contributed by atoms with E-state index in [2.05, 4.69) is 20.5 Å². The van der Waals surface area contributed by atoms with Crippen LogP contribution in [0.1, 0.15) is 0 Å². The fourth-order valence-electron chi connectivity index (χ4n) is 2.37. The first-order valence-corrected chi connectivity index (χ1v) is 7.52. The number of nitrogens with one attached hydrogen (secondary N) is 1. The maximum atomic E-state index is 11.0. The molecule has 0 aliphatic heterocycles. The van der Waals surface area contributed by atoms with Crippen molar-refractivity contribution in [2.75, 3.05) is 18.5 Å². The van der Waals surface area contributed by atoms with E-state index in [4.69, 9.17) is 10.8 Å². The van der Waals surface area contributed by atoms with E-state index < -0.39 is 6.04 Å². The van der Waals surface area contributed by atoms with Crippen LogP contribution in [-0.2, 0) is 0 Å². The predicted octanol–water partition coefficient (Wildman–Crippen LogP) is 2.43. The Labute approximate surface area is 138 Å². The number of rotatable bonds is 6. The third-order valence-corrected chi connectivity index (χ3v) is 3.61. The molecule has 0 bridgehead atoms. The highest BCUT2D eigenvalue weighted by molar-refractivity contribution is 5.91. The maximum absolute atomic E-state index is 11.0. The van der Waals surface area contributed by atoms with Crippen molar-refractivity contribution >= 4 is 22.4 Å². The van der Waals surface area contributed by atoms with Gasteiger partial charge < -0.3 is 16.2 Å². The Morgan fingerprint density at radius 2 is 1.88 bits per heavy atom. The summed E-state index contributed by atoms with van der Waals surface area (Å²) in [6.07, 6.45) is 0. The number of para-hydroxylation sites is 1. The van der Waals surface area contributed by atoms with Gasteiger partial charge in [-0.05, 0) is 29.4 Å². The molecule has 0 saturated carbocycles. The number of aromatic nitrogens is 2. The zero-order chi connectivity index (χ0) is 16.9. The number of aliphatic hydroxyl groups is 1. The molecule has 4 N–H and O–H groups in total. The molecule has 1 atom stereocenters. The summed E-state index contributed by atoms with van der Waals surface area (Å²) >= 11 is 0. The maximum Gasteiger partial charge on any atom is 0.164 e. The normalized spacial score (nSPS) is 12.1. The van der Waals surface area contributed by atoms with E-state index in [0.29, 0.717) is 23.8 Å². The molecule has 0 spiro atoms. The van der Waals surface area contributed by atoms with E-state index in [1.165, 1.54) is 0 Å². The minimum absolute atomic E-state index is 0.124. The van der Waals surface area contributed by atoms with Gasteiger partial charge in [0.2, 0.25) is 0 Å². The number of hydrogen-bond donors (Lipinski definition) is 3. The summed E-state index contributed by atoms with van der Waals surface area (Å²) in [6, 6.07) is 14.1. The highest BCUT2D eigenvalue weighted by Crippen LogP contribution is 2.30. The first-order chi connectivity index (χ1) is 11.7. The molecule has 1 heterocycles. The predicted molar refractivity (Wildman–Crippen MR) is 94.0 cm³/mol. The van der Waals surface area contributed by atoms with Crippen LogP contribution in [0, 0.1) is 4.91 Å². The van der Waals surface area contributed by atoms with Gasteiger partial charge in [-0.2, -0.15) is 0 Å². The Kier molecular flexibility index (Phi) is 4.74. The van der Waals surface area contributed by atoms with Crippen LogP contribution in [0.5, 0.6) is 0 Å². The number of fused-ring (bicyclic) bond motifs is 1. The van der Waals surface area contributed by atoms with Crippen molar-refractivity contribution in [3.05, 3.63) is 53.4 Å². The molecule has 0 radical (unpaired) electrons. The molecule has 1 unspecified atom stereocenters. The lowest BCUT2D eigenvalue weighted by Gasteiger charge is -2.13. The number of nitroso groups, excluding NO2 is 1. The minimum atomic E-state index is -0.397. The first-order valence-electron chi connectivity index (χ1n) is 7.52. The molecule has 3 aromatic rings. The van der Waals surface area contributed by atoms with Crippen molar-refractivity contribution in [1.82, 2.24) is 9.97 Å². The van der Waals surface area contributed by atoms with Gasteiger partial charge in [-0.3, -0.25) is 0 Å². The average molecular weight is 323 g/mol. The van der Waals surface area contributed by atoms with E-state index in [-0.39, 0.29) is 12.3 Å². The average Bonchev–Trinajstić information content (AvgIpc) is 2.65. The molecular weight excluding hydrogens is 306 g/mol. The number of benzene rings is 2.